The summed E-state index contributed by atoms with van der Waals surface area (Å²) in [5.41, 5.74) is 6.73. The average Bonchev–Trinajstić information content (AvgIpc) is 2.96. The molecule has 4 N–H and O–H groups in total. The van der Waals surface area contributed by atoms with E-state index in [1.165, 1.54) is 6.08 Å². The smallest absolute Gasteiger partial charge is 0.328 e. The summed E-state index contributed by atoms with van der Waals surface area (Å²) in [5, 5.41) is 11.5. The van der Waals surface area contributed by atoms with Crippen LogP contribution in [-0.4, -0.2) is 23.5 Å². The summed E-state index contributed by atoms with van der Waals surface area (Å²) < 4.78 is 0. The zero-order chi connectivity index (χ0) is 15.3. The predicted molar refractivity (Wildman–Crippen MR) is 81.7 cm³/mol. The Morgan fingerprint density at radius 3 is 2.67 bits per heavy atom. The molecule has 0 bridgehead atoms. The number of aliphatic carboxylic acids is 1. The summed E-state index contributed by atoms with van der Waals surface area (Å²) >= 11 is 0. The Hall–Kier alpha value is -2.14. The molecule has 1 aromatic rings. The fourth-order valence-corrected chi connectivity index (χ4v) is 2.73. The molecule has 0 aliphatic heterocycles. The molecule has 0 unspecified atom stereocenters. The number of carbonyl (C=O) groups excluding carboxylic acids is 1. The van der Waals surface area contributed by atoms with E-state index in [2.05, 4.69) is 5.32 Å². The zero-order valence-electron chi connectivity index (χ0n) is 11.8. The van der Waals surface area contributed by atoms with Crippen molar-refractivity contribution in [1.29, 1.82) is 0 Å². The number of amides is 1. The summed E-state index contributed by atoms with van der Waals surface area (Å²) in [6, 6.07) is 7.09. The van der Waals surface area contributed by atoms with Crippen LogP contribution < -0.4 is 11.1 Å². The highest BCUT2D eigenvalue weighted by Crippen LogP contribution is 2.38. The molecule has 5 heteroatoms. The van der Waals surface area contributed by atoms with E-state index in [0.29, 0.717) is 12.2 Å². The third-order valence-corrected chi connectivity index (χ3v) is 4.00. The fourth-order valence-electron chi connectivity index (χ4n) is 2.73. The van der Waals surface area contributed by atoms with Gasteiger partial charge in [0, 0.05) is 18.3 Å². The normalized spacial score (nSPS) is 17.0. The molecule has 1 aliphatic rings. The Morgan fingerprint density at radius 2 is 2.05 bits per heavy atom. The van der Waals surface area contributed by atoms with Gasteiger partial charge in [0.05, 0.1) is 5.41 Å². The maximum Gasteiger partial charge on any atom is 0.328 e. The minimum absolute atomic E-state index is 0.0399. The monoisotopic (exact) mass is 288 g/mol. The topological polar surface area (TPSA) is 92.4 Å². The Bertz CT molecular complexity index is 560. The van der Waals surface area contributed by atoms with Gasteiger partial charge in [-0.1, -0.05) is 25.0 Å². The number of hydrogen-bond donors (Lipinski definition) is 3. The van der Waals surface area contributed by atoms with Crippen molar-refractivity contribution in [3.05, 3.63) is 35.9 Å². The number of carboxylic acids is 1. The highest BCUT2D eigenvalue weighted by Gasteiger charge is 2.39. The van der Waals surface area contributed by atoms with E-state index in [9.17, 15) is 9.59 Å². The Morgan fingerprint density at radius 1 is 1.33 bits per heavy atom. The summed E-state index contributed by atoms with van der Waals surface area (Å²) in [4.78, 5) is 23.0. The zero-order valence-corrected chi connectivity index (χ0v) is 11.8. The lowest BCUT2D eigenvalue weighted by molar-refractivity contribution is -0.131. The Balaban J connectivity index is 2.10. The van der Waals surface area contributed by atoms with Crippen molar-refractivity contribution in [2.75, 3.05) is 11.9 Å². The van der Waals surface area contributed by atoms with Gasteiger partial charge in [0.1, 0.15) is 0 Å². The number of nitrogens with one attached hydrogen (secondary N) is 1. The molecule has 1 fully saturated rings. The first-order valence-corrected chi connectivity index (χ1v) is 7.08. The van der Waals surface area contributed by atoms with Crippen molar-refractivity contribution in [2.24, 2.45) is 11.1 Å². The van der Waals surface area contributed by atoms with E-state index in [1.54, 1.807) is 24.3 Å². The first kappa shape index (κ1) is 15.3. The second-order valence-corrected chi connectivity index (χ2v) is 5.44. The Kier molecular flexibility index (Phi) is 4.75. The number of hydrogen-bond acceptors (Lipinski definition) is 3. The standard InChI is InChI=1S/C16H20N2O3/c17-11-16(8-1-2-9-16)15(21)18-13-5-3-4-12(10-13)6-7-14(19)20/h3-7,10H,1-2,8-9,11,17H2,(H,18,21)(H,19,20)/b7-6+. The molecule has 0 atom stereocenters. The van der Waals surface area contributed by atoms with Gasteiger partial charge < -0.3 is 16.2 Å². The summed E-state index contributed by atoms with van der Waals surface area (Å²) in [7, 11) is 0. The molecule has 21 heavy (non-hydrogen) atoms. The van der Waals surface area contributed by atoms with Crippen molar-refractivity contribution in [3.63, 3.8) is 0 Å². The SMILES string of the molecule is NCC1(C(=O)Nc2cccc(/C=C/C(=O)O)c2)CCCC1. The van der Waals surface area contributed by atoms with E-state index in [1.807, 2.05) is 0 Å². The molecule has 0 spiro atoms. The predicted octanol–water partition coefficient (Wildman–Crippen LogP) is 2.24. The van der Waals surface area contributed by atoms with Crippen LogP contribution in [0.2, 0.25) is 0 Å². The molecule has 1 aromatic carbocycles. The van der Waals surface area contributed by atoms with Gasteiger partial charge in [-0.15, -0.1) is 0 Å². The van der Waals surface area contributed by atoms with E-state index in [4.69, 9.17) is 10.8 Å². The lowest BCUT2D eigenvalue weighted by Gasteiger charge is -2.25. The molecule has 112 valence electrons. The van der Waals surface area contributed by atoms with Crippen LogP contribution in [0.4, 0.5) is 5.69 Å². The molecule has 2 rings (SSSR count). The lowest BCUT2D eigenvalue weighted by Crippen LogP contribution is -2.40. The van der Waals surface area contributed by atoms with Crippen LogP contribution in [0.25, 0.3) is 6.08 Å². The van der Waals surface area contributed by atoms with E-state index in [-0.39, 0.29) is 5.91 Å². The Labute approximate surface area is 123 Å². The van der Waals surface area contributed by atoms with Crippen LogP contribution in [0.1, 0.15) is 31.2 Å². The number of carboxylic acid groups (broad SMARTS) is 1. The molecule has 1 saturated carbocycles. The first-order valence-electron chi connectivity index (χ1n) is 7.08. The van der Waals surface area contributed by atoms with Gasteiger partial charge in [-0.2, -0.15) is 0 Å². The van der Waals surface area contributed by atoms with Crippen molar-refractivity contribution in [2.45, 2.75) is 25.7 Å². The summed E-state index contributed by atoms with van der Waals surface area (Å²) in [5.74, 6) is -1.04. The van der Waals surface area contributed by atoms with Crippen LogP contribution in [0.15, 0.2) is 30.3 Å². The maximum atomic E-state index is 12.4. The second-order valence-electron chi connectivity index (χ2n) is 5.44. The largest absolute Gasteiger partial charge is 0.478 e. The molecule has 1 aliphatic carbocycles. The molecule has 5 nitrogen and oxygen atoms in total. The van der Waals surface area contributed by atoms with E-state index >= 15 is 0 Å². The van der Waals surface area contributed by atoms with Crippen molar-refractivity contribution in [3.8, 4) is 0 Å². The van der Waals surface area contributed by atoms with Crippen molar-refractivity contribution in [1.82, 2.24) is 0 Å². The number of rotatable bonds is 5. The van der Waals surface area contributed by atoms with Gasteiger partial charge in [0.2, 0.25) is 5.91 Å². The highest BCUT2D eigenvalue weighted by atomic mass is 16.4. The van der Waals surface area contributed by atoms with Crippen LogP contribution >= 0.6 is 0 Å². The van der Waals surface area contributed by atoms with Crippen LogP contribution in [-0.2, 0) is 9.59 Å². The second kappa shape index (κ2) is 6.54. The molecule has 0 saturated heterocycles. The summed E-state index contributed by atoms with van der Waals surface area (Å²) in [6.07, 6.45) is 6.28. The number of carbonyl (C=O) groups is 2. The molecular weight excluding hydrogens is 268 g/mol. The van der Waals surface area contributed by atoms with Crippen LogP contribution in [0.5, 0.6) is 0 Å². The number of nitrogens with two attached hydrogens (primary N) is 1. The number of anilines is 1. The molecule has 1 amide bonds. The lowest BCUT2D eigenvalue weighted by atomic mass is 9.85. The van der Waals surface area contributed by atoms with Gasteiger partial charge in [0.15, 0.2) is 0 Å². The van der Waals surface area contributed by atoms with Gasteiger partial charge in [-0.3, -0.25) is 4.79 Å². The van der Waals surface area contributed by atoms with Crippen molar-refractivity contribution < 1.29 is 14.7 Å². The molecule has 0 radical (unpaired) electrons. The third kappa shape index (κ3) is 3.70. The average molecular weight is 288 g/mol. The molecule has 0 heterocycles. The van der Waals surface area contributed by atoms with Gasteiger partial charge >= 0.3 is 5.97 Å². The van der Waals surface area contributed by atoms with Crippen molar-refractivity contribution >= 4 is 23.6 Å². The van der Waals surface area contributed by atoms with Gasteiger partial charge in [-0.25, -0.2) is 4.79 Å². The highest BCUT2D eigenvalue weighted by molar-refractivity contribution is 5.96. The number of benzene rings is 1. The van der Waals surface area contributed by atoms with E-state index in [0.717, 1.165) is 37.3 Å². The summed E-state index contributed by atoms with van der Waals surface area (Å²) in [6.45, 7) is 0.359. The van der Waals surface area contributed by atoms with Gasteiger partial charge in [0.25, 0.3) is 0 Å². The third-order valence-electron chi connectivity index (χ3n) is 4.00. The first-order chi connectivity index (χ1) is 10.1. The fraction of sp³-hybridized carbons (Fsp3) is 0.375. The molecule has 0 aromatic heterocycles. The van der Waals surface area contributed by atoms with Gasteiger partial charge in [-0.05, 0) is 36.6 Å². The maximum absolute atomic E-state index is 12.4. The van der Waals surface area contributed by atoms with E-state index < -0.39 is 11.4 Å². The van der Waals surface area contributed by atoms with Crippen LogP contribution in [0, 0.1) is 5.41 Å². The minimum Gasteiger partial charge on any atom is -0.478 e. The molecular formula is C16H20N2O3. The quantitative estimate of drug-likeness (QED) is 0.724. The minimum atomic E-state index is -1.00. The van der Waals surface area contributed by atoms with Crippen LogP contribution in [0.3, 0.4) is 0 Å².